The fraction of sp³-hybridized carbons (Fsp3) is 0.778. The van der Waals surface area contributed by atoms with Gasteiger partial charge in [-0.25, -0.2) is 4.39 Å². The monoisotopic (exact) mass is 429 g/mol. The second-order valence-corrected chi connectivity index (χ2v) is 11.3. The Morgan fingerprint density at radius 1 is 1.13 bits per heavy atom. The lowest BCUT2D eigenvalue weighted by atomic mass is 9.51. The van der Waals surface area contributed by atoms with Gasteiger partial charge >= 0.3 is 0 Å². The predicted octanol–water partition coefficient (Wildman–Crippen LogP) is 5.44. The van der Waals surface area contributed by atoms with Gasteiger partial charge in [-0.1, -0.05) is 25.8 Å². The van der Waals surface area contributed by atoms with Crippen LogP contribution in [0.15, 0.2) is 18.2 Å². The minimum Gasteiger partial charge on any atom is -0.508 e. The van der Waals surface area contributed by atoms with Crippen molar-refractivity contribution in [3.8, 4) is 5.75 Å². The van der Waals surface area contributed by atoms with Crippen molar-refractivity contribution in [2.75, 3.05) is 19.6 Å². The molecule has 0 bridgehead atoms. The summed E-state index contributed by atoms with van der Waals surface area (Å²) in [5, 5.41) is 20.8. The standard InChI is InChI=1S/C27H40FNO2/c1-27-17-23(28)26-21-9-8-20(30)16-19(21)15-18(25(26)22(27)10-11-24(27)31)7-3-2-4-12-29-13-5-6-14-29/h8-9,16,18,22-26,30-31H,2-7,10-15,17H2,1H3/t18-,22+,23+,24+,25+,26+,27+/m1/s1. The molecule has 172 valence electrons. The third kappa shape index (κ3) is 3.93. The molecule has 3 nitrogen and oxygen atoms in total. The third-order valence-electron chi connectivity index (χ3n) is 9.52. The van der Waals surface area contributed by atoms with E-state index in [0.717, 1.165) is 36.8 Å². The lowest BCUT2D eigenvalue weighted by Crippen LogP contribution is -2.51. The van der Waals surface area contributed by atoms with E-state index in [0.29, 0.717) is 29.9 Å². The Hall–Kier alpha value is -1.13. The number of hydrogen-bond donors (Lipinski definition) is 2. The van der Waals surface area contributed by atoms with E-state index >= 15 is 4.39 Å². The maximum absolute atomic E-state index is 15.8. The highest BCUT2D eigenvalue weighted by molar-refractivity contribution is 5.41. The minimum atomic E-state index is -0.903. The molecule has 31 heavy (non-hydrogen) atoms. The number of phenolic OH excluding ortho intramolecular Hbond substituents is 1. The first-order valence-corrected chi connectivity index (χ1v) is 12.8. The van der Waals surface area contributed by atoms with E-state index in [4.69, 9.17) is 0 Å². The molecule has 0 unspecified atom stereocenters. The Kier molecular flexibility index (Phi) is 6.07. The first-order valence-electron chi connectivity index (χ1n) is 12.8. The van der Waals surface area contributed by atoms with Crippen molar-refractivity contribution in [3.63, 3.8) is 0 Å². The second kappa shape index (κ2) is 8.67. The highest BCUT2D eigenvalue weighted by Crippen LogP contribution is 2.63. The van der Waals surface area contributed by atoms with Crippen molar-refractivity contribution in [1.29, 1.82) is 0 Å². The Labute approximate surface area is 187 Å². The van der Waals surface area contributed by atoms with E-state index in [1.807, 2.05) is 12.1 Å². The molecule has 3 fully saturated rings. The number of hydrogen-bond acceptors (Lipinski definition) is 3. The third-order valence-corrected chi connectivity index (χ3v) is 9.52. The van der Waals surface area contributed by atoms with E-state index in [9.17, 15) is 10.2 Å². The minimum absolute atomic E-state index is 0.0673. The summed E-state index contributed by atoms with van der Waals surface area (Å²) in [4.78, 5) is 2.59. The zero-order chi connectivity index (χ0) is 21.6. The number of unbranched alkanes of at least 4 members (excludes halogenated alkanes) is 2. The fourth-order valence-corrected chi connectivity index (χ4v) is 7.96. The fourth-order valence-electron chi connectivity index (χ4n) is 7.96. The van der Waals surface area contributed by atoms with E-state index in [2.05, 4.69) is 11.8 Å². The summed E-state index contributed by atoms with van der Waals surface area (Å²) in [6, 6.07) is 5.60. The first kappa shape index (κ1) is 21.7. The van der Waals surface area contributed by atoms with Crippen LogP contribution in [-0.2, 0) is 6.42 Å². The molecular formula is C27H40FNO2. The van der Waals surface area contributed by atoms with Crippen molar-refractivity contribution in [1.82, 2.24) is 4.90 Å². The number of rotatable bonds is 6. The van der Waals surface area contributed by atoms with Crippen molar-refractivity contribution in [3.05, 3.63) is 29.3 Å². The molecule has 1 heterocycles. The van der Waals surface area contributed by atoms with Gasteiger partial charge in [0.25, 0.3) is 0 Å². The maximum atomic E-state index is 15.8. The topological polar surface area (TPSA) is 43.7 Å². The van der Waals surface area contributed by atoms with Gasteiger partial charge in [0.05, 0.1) is 6.10 Å². The van der Waals surface area contributed by atoms with Crippen LogP contribution in [0.3, 0.4) is 0 Å². The largest absolute Gasteiger partial charge is 0.508 e. The molecule has 4 heteroatoms. The molecule has 3 aliphatic carbocycles. The molecule has 7 atom stereocenters. The lowest BCUT2D eigenvalue weighted by Gasteiger charge is -2.54. The maximum Gasteiger partial charge on any atom is 0.115 e. The molecule has 0 amide bonds. The summed E-state index contributed by atoms with van der Waals surface area (Å²) in [7, 11) is 0. The zero-order valence-corrected chi connectivity index (χ0v) is 19.1. The van der Waals surface area contributed by atoms with Gasteiger partial charge in [-0.05, 0) is 117 Å². The van der Waals surface area contributed by atoms with Crippen LogP contribution >= 0.6 is 0 Å². The van der Waals surface area contributed by atoms with Crippen molar-refractivity contribution >= 4 is 0 Å². The van der Waals surface area contributed by atoms with E-state index < -0.39 is 6.17 Å². The Morgan fingerprint density at radius 2 is 1.94 bits per heavy atom. The van der Waals surface area contributed by atoms with Gasteiger partial charge in [0.15, 0.2) is 0 Å². The average molecular weight is 430 g/mol. The van der Waals surface area contributed by atoms with Crippen LogP contribution in [0.4, 0.5) is 4.39 Å². The summed E-state index contributed by atoms with van der Waals surface area (Å²) in [6.45, 7) is 5.92. The molecule has 0 spiro atoms. The molecule has 1 aromatic rings. The number of halogens is 1. The number of aliphatic hydroxyl groups is 1. The molecule has 1 saturated heterocycles. The molecule has 2 N–H and O–H groups in total. The van der Waals surface area contributed by atoms with Crippen LogP contribution in [0.2, 0.25) is 0 Å². The number of benzene rings is 1. The summed E-state index contributed by atoms with van der Waals surface area (Å²) >= 11 is 0. The van der Waals surface area contributed by atoms with Gasteiger partial charge in [-0.3, -0.25) is 0 Å². The van der Waals surface area contributed by atoms with Crippen LogP contribution in [0.5, 0.6) is 5.75 Å². The SMILES string of the molecule is C[C@]12C[C@H](F)[C@@H]3c4ccc(O)cc4C[C@@H](CCCCCN4CCCC4)[C@H]3[C@@H]1CC[C@@H]2O. The number of nitrogens with zero attached hydrogens (tertiary/aromatic N) is 1. The van der Waals surface area contributed by atoms with E-state index in [1.165, 1.54) is 51.7 Å². The number of aliphatic hydroxyl groups excluding tert-OH is 1. The van der Waals surface area contributed by atoms with Gasteiger partial charge in [0, 0.05) is 5.92 Å². The molecule has 4 aliphatic rings. The molecule has 0 radical (unpaired) electrons. The Morgan fingerprint density at radius 3 is 2.74 bits per heavy atom. The quantitative estimate of drug-likeness (QED) is 0.592. The summed E-state index contributed by atoms with van der Waals surface area (Å²) in [5.41, 5.74) is 2.01. The zero-order valence-electron chi connectivity index (χ0n) is 19.1. The first-order chi connectivity index (χ1) is 15.0. The summed E-state index contributed by atoms with van der Waals surface area (Å²) in [6.07, 6.45) is 9.60. The molecule has 0 aromatic heterocycles. The van der Waals surface area contributed by atoms with E-state index in [-0.39, 0.29) is 17.4 Å². The van der Waals surface area contributed by atoms with Gasteiger partial charge in [-0.15, -0.1) is 0 Å². The van der Waals surface area contributed by atoms with Crippen molar-refractivity contribution in [2.45, 2.75) is 89.3 Å². The lowest BCUT2D eigenvalue weighted by molar-refractivity contribution is -0.0722. The smallest absolute Gasteiger partial charge is 0.115 e. The number of phenols is 1. The van der Waals surface area contributed by atoms with Gasteiger partial charge in [0.1, 0.15) is 11.9 Å². The number of fused-ring (bicyclic) bond motifs is 5. The Balaban J connectivity index is 1.33. The number of alkyl halides is 1. The summed E-state index contributed by atoms with van der Waals surface area (Å²) < 4.78 is 15.8. The highest BCUT2D eigenvalue weighted by Gasteiger charge is 2.59. The van der Waals surface area contributed by atoms with Crippen LogP contribution in [-0.4, -0.2) is 47.0 Å². The molecule has 5 rings (SSSR count). The van der Waals surface area contributed by atoms with Gasteiger partial charge in [0.2, 0.25) is 0 Å². The van der Waals surface area contributed by atoms with Crippen molar-refractivity contribution in [2.24, 2.45) is 23.2 Å². The van der Waals surface area contributed by atoms with Crippen LogP contribution < -0.4 is 0 Å². The molecule has 1 aliphatic heterocycles. The average Bonchev–Trinajstić information content (AvgIpc) is 3.35. The van der Waals surface area contributed by atoms with Crippen LogP contribution in [0.25, 0.3) is 0 Å². The highest BCUT2D eigenvalue weighted by atomic mass is 19.1. The summed E-state index contributed by atoms with van der Waals surface area (Å²) in [5.74, 6) is 1.42. The Bertz CT molecular complexity index is 778. The number of likely N-dealkylation sites (tertiary alicyclic amines) is 1. The van der Waals surface area contributed by atoms with Crippen LogP contribution in [0.1, 0.15) is 81.8 Å². The van der Waals surface area contributed by atoms with Gasteiger partial charge in [-0.2, -0.15) is 0 Å². The normalized spacial score (nSPS) is 39.8. The van der Waals surface area contributed by atoms with E-state index in [1.54, 1.807) is 6.07 Å². The second-order valence-electron chi connectivity index (χ2n) is 11.3. The molecule has 2 saturated carbocycles. The van der Waals surface area contributed by atoms with Crippen molar-refractivity contribution < 1.29 is 14.6 Å². The molecule has 1 aromatic carbocycles. The number of aromatic hydroxyl groups is 1. The predicted molar refractivity (Wildman–Crippen MR) is 122 cm³/mol. The van der Waals surface area contributed by atoms with Gasteiger partial charge < -0.3 is 15.1 Å². The van der Waals surface area contributed by atoms with Crippen LogP contribution in [0, 0.1) is 23.2 Å². The molecular weight excluding hydrogens is 389 g/mol.